The van der Waals surface area contributed by atoms with Gasteiger partial charge < -0.3 is 25.0 Å². The van der Waals surface area contributed by atoms with E-state index in [4.69, 9.17) is 14.9 Å². The number of likely N-dealkylation sites (N-methyl/N-ethyl adjacent to an activating group) is 1. The smallest absolute Gasteiger partial charge is 0.336 e. The molecule has 1 aromatic rings. The summed E-state index contributed by atoms with van der Waals surface area (Å²) >= 11 is 0. The molecule has 3 N–H and O–H groups in total. The molecule has 0 saturated carbocycles. The van der Waals surface area contributed by atoms with Gasteiger partial charge in [0.15, 0.2) is 0 Å². The lowest BCUT2D eigenvalue weighted by molar-refractivity contribution is -0.141. The third kappa shape index (κ3) is 5.10. The predicted molar refractivity (Wildman–Crippen MR) is 85.4 cm³/mol. The lowest BCUT2D eigenvalue weighted by atomic mass is 10.1. The summed E-state index contributed by atoms with van der Waals surface area (Å²) in [6.45, 7) is 4.71. The Morgan fingerprint density at radius 3 is 2.29 bits per heavy atom. The van der Waals surface area contributed by atoms with Gasteiger partial charge in [0.05, 0.1) is 11.1 Å². The zero-order valence-corrected chi connectivity index (χ0v) is 13.4. The second-order valence-electron chi connectivity index (χ2n) is 5.25. The molecule has 0 saturated heterocycles. The Morgan fingerprint density at radius 1 is 1.21 bits per heavy atom. The first-order valence-corrected chi connectivity index (χ1v) is 6.96. The molecule has 0 spiro atoms. The van der Waals surface area contributed by atoms with E-state index in [0.29, 0.717) is 5.69 Å². The minimum absolute atomic E-state index is 0.0505. The van der Waals surface area contributed by atoms with Crippen LogP contribution in [0.2, 0.25) is 0 Å². The summed E-state index contributed by atoms with van der Waals surface area (Å²) < 4.78 is 4.83. The topological polar surface area (TPSA) is 124 Å². The summed E-state index contributed by atoms with van der Waals surface area (Å²) in [4.78, 5) is 35.0. The van der Waals surface area contributed by atoms with Crippen LogP contribution in [0.4, 0.5) is 5.69 Å². The maximum Gasteiger partial charge on any atom is 0.336 e. The minimum Gasteiger partial charge on any atom is -0.478 e. The monoisotopic (exact) mass is 337 g/mol. The number of hydrogen-bond donors (Lipinski definition) is 3. The molecule has 0 aliphatic carbocycles. The van der Waals surface area contributed by atoms with Crippen molar-refractivity contribution in [2.45, 2.75) is 13.0 Å². The molecule has 1 rings (SSSR count). The van der Waals surface area contributed by atoms with Crippen molar-refractivity contribution in [1.82, 2.24) is 0 Å². The molecule has 130 valence electrons. The number of aromatic carboxylic acids is 2. The van der Waals surface area contributed by atoms with Crippen LogP contribution >= 0.6 is 0 Å². The van der Waals surface area contributed by atoms with Gasteiger partial charge in [-0.25, -0.2) is 14.4 Å². The van der Waals surface area contributed by atoms with Crippen LogP contribution < -0.4 is 4.90 Å². The van der Waals surface area contributed by atoms with Crippen LogP contribution in [0.1, 0.15) is 27.6 Å². The highest BCUT2D eigenvalue weighted by Crippen LogP contribution is 2.19. The molecule has 0 amide bonds. The van der Waals surface area contributed by atoms with Gasteiger partial charge >= 0.3 is 17.9 Å². The van der Waals surface area contributed by atoms with Crippen LogP contribution in [-0.2, 0) is 9.53 Å². The summed E-state index contributed by atoms with van der Waals surface area (Å²) in [6, 6.07) is 3.83. The average molecular weight is 337 g/mol. The summed E-state index contributed by atoms with van der Waals surface area (Å²) in [5, 5.41) is 28.0. The molecular weight excluding hydrogens is 318 g/mol. The van der Waals surface area contributed by atoms with E-state index in [1.165, 1.54) is 30.0 Å². The van der Waals surface area contributed by atoms with E-state index in [-0.39, 0.29) is 29.9 Å². The molecule has 1 atom stereocenters. The second kappa shape index (κ2) is 8.11. The van der Waals surface area contributed by atoms with Gasteiger partial charge in [-0.2, -0.15) is 0 Å². The predicted octanol–water partition coefficient (Wildman–Crippen LogP) is 0.999. The standard InChI is InChI=1S/C16H19NO7/c1-9(2)16(23)24-8-11(18)7-17(3)10-4-5-12(14(19)20)13(6-10)15(21)22/h4-6,11,18H,1,7-8H2,2-3H3,(H,19,20)(H,21,22). The van der Waals surface area contributed by atoms with E-state index >= 15 is 0 Å². The van der Waals surface area contributed by atoms with Crippen molar-refractivity contribution in [1.29, 1.82) is 0 Å². The van der Waals surface area contributed by atoms with Gasteiger partial charge in [-0.3, -0.25) is 0 Å². The number of benzene rings is 1. The van der Waals surface area contributed by atoms with Gasteiger partial charge in [-0.05, 0) is 25.1 Å². The van der Waals surface area contributed by atoms with E-state index in [9.17, 15) is 19.5 Å². The highest BCUT2D eigenvalue weighted by molar-refractivity contribution is 6.02. The van der Waals surface area contributed by atoms with Crippen LogP contribution in [0, 0.1) is 0 Å². The SMILES string of the molecule is C=C(C)C(=O)OCC(O)CN(C)c1ccc(C(=O)O)c(C(=O)O)c1. The number of nitrogens with zero attached hydrogens (tertiary/aromatic N) is 1. The van der Waals surface area contributed by atoms with Gasteiger partial charge in [0.1, 0.15) is 12.7 Å². The van der Waals surface area contributed by atoms with E-state index in [1.54, 1.807) is 7.05 Å². The first kappa shape index (κ1) is 19.2. The van der Waals surface area contributed by atoms with E-state index in [1.807, 2.05) is 0 Å². The number of aliphatic hydroxyl groups excluding tert-OH is 1. The lowest BCUT2D eigenvalue weighted by Gasteiger charge is -2.23. The number of rotatable bonds is 8. The molecule has 24 heavy (non-hydrogen) atoms. The maximum atomic E-state index is 11.3. The van der Waals surface area contributed by atoms with Gasteiger partial charge in [0, 0.05) is 24.9 Å². The second-order valence-corrected chi connectivity index (χ2v) is 5.25. The van der Waals surface area contributed by atoms with Crippen molar-refractivity contribution >= 4 is 23.6 Å². The maximum absolute atomic E-state index is 11.3. The highest BCUT2D eigenvalue weighted by Gasteiger charge is 2.18. The molecule has 0 fully saturated rings. The van der Waals surface area contributed by atoms with Crippen LogP contribution in [0.5, 0.6) is 0 Å². The summed E-state index contributed by atoms with van der Waals surface area (Å²) in [6.07, 6.45) is -1.01. The average Bonchev–Trinajstić information content (AvgIpc) is 2.51. The van der Waals surface area contributed by atoms with Crippen molar-refractivity contribution in [3.63, 3.8) is 0 Å². The number of hydrogen-bond acceptors (Lipinski definition) is 6. The summed E-state index contributed by atoms with van der Waals surface area (Å²) in [5.74, 6) is -3.32. The normalized spacial score (nSPS) is 11.5. The molecule has 0 bridgehead atoms. The Kier molecular flexibility index (Phi) is 6.48. The van der Waals surface area contributed by atoms with Crippen molar-refractivity contribution in [2.24, 2.45) is 0 Å². The third-order valence-corrected chi connectivity index (χ3v) is 3.14. The number of carbonyl (C=O) groups excluding carboxylic acids is 1. The molecular formula is C16H19NO7. The quantitative estimate of drug-likeness (QED) is 0.474. The number of carboxylic acids is 2. The number of esters is 1. The molecule has 0 aliphatic rings. The number of ether oxygens (including phenoxy) is 1. The molecule has 1 aromatic carbocycles. The zero-order valence-electron chi connectivity index (χ0n) is 13.4. The Bertz CT molecular complexity index is 668. The third-order valence-electron chi connectivity index (χ3n) is 3.14. The molecule has 0 heterocycles. The summed E-state index contributed by atoms with van der Waals surface area (Å²) in [7, 11) is 1.59. The Morgan fingerprint density at radius 2 is 1.79 bits per heavy atom. The number of carboxylic acid groups (broad SMARTS) is 2. The van der Waals surface area contributed by atoms with Crippen molar-refractivity contribution in [2.75, 3.05) is 25.1 Å². The summed E-state index contributed by atoms with van der Waals surface area (Å²) in [5.41, 5.74) is -0.0563. The first-order chi connectivity index (χ1) is 11.1. The van der Waals surface area contributed by atoms with E-state index in [0.717, 1.165) is 0 Å². The fourth-order valence-corrected chi connectivity index (χ4v) is 1.90. The van der Waals surface area contributed by atoms with E-state index < -0.39 is 24.0 Å². The van der Waals surface area contributed by atoms with E-state index in [2.05, 4.69) is 6.58 Å². The molecule has 8 nitrogen and oxygen atoms in total. The fourth-order valence-electron chi connectivity index (χ4n) is 1.90. The molecule has 0 aromatic heterocycles. The zero-order chi connectivity index (χ0) is 18.4. The van der Waals surface area contributed by atoms with Gasteiger partial charge in [-0.1, -0.05) is 6.58 Å². The van der Waals surface area contributed by atoms with Crippen LogP contribution in [-0.4, -0.2) is 59.5 Å². The van der Waals surface area contributed by atoms with Crippen molar-refractivity contribution < 1.29 is 34.4 Å². The van der Waals surface area contributed by atoms with Crippen LogP contribution in [0.15, 0.2) is 30.4 Å². The molecule has 8 heteroatoms. The number of anilines is 1. The minimum atomic E-state index is -1.36. The first-order valence-electron chi connectivity index (χ1n) is 6.96. The Balaban J connectivity index is 2.80. The largest absolute Gasteiger partial charge is 0.478 e. The molecule has 0 radical (unpaired) electrons. The fraction of sp³-hybridized carbons (Fsp3) is 0.312. The van der Waals surface area contributed by atoms with Crippen LogP contribution in [0.3, 0.4) is 0 Å². The van der Waals surface area contributed by atoms with Crippen molar-refractivity contribution in [3.8, 4) is 0 Å². The van der Waals surface area contributed by atoms with Gasteiger partial charge in [-0.15, -0.1) is 0 Å². The van der Waals surface area contributed by atoms with Gasteiger partial charge in [0.2, 0.25) is 0 Å². The Hall–Kier alpha value is -2.87. The van der Waals surface area contributed by atoms with Gasteiger partial charge in [0.25, 0.3) is 0 Å². The lowest BCUT2D eigenvalue weighted by Crippen LogP contribution is -2.33. The molecule has 0 aliphatic heterocycles. The Labute approximate surface area is 138 Å². The highest BCUT2D eigenvalue weighted by atomic mass is 16.5. The van der Waals surface area contributed by atoms with Crippen LogP contribution in [0.25, 0.3) is 0 Å². The number of carbonyl (C=O) groups is 3. The van der Waals surface area contributed by atoms with Crippen molar-refractivity contribution in [3.05, 3.63) is 41.5 Å². The molecule has 1 unspecified atom stereocenters. The number of aliphatic hydroxyl groups is 1.